The van der Waals surface area contributed by atoms with Gasteiger partial charge in [0.2, 0.25) is 5.91 Å². The van der Waals surface area contributed by atoms with Crippen LogP contribution in [0.5, 0.6) is 0 Å². The van der Waals surface area contributed by atoms with E-state index in [0.29, 0.717) is 6.42 Å². The highest BCUT2D eigenvalue weighted by molar-refractivity contribution is 5.75. The van der Waals surface area contributed by atoms with Crippen LogP contribution in [0, 0.1) is 0 Å². The highest BCUT2D eigenvalue weighted by Crippen LogP contribution is 2.00. The summed E-state index contributed by atoms with van der Waals surface area (Å²) in [4.78, 5) is 17.5. The number of hydrogen-bond donors (Lipinski definition) is 0. The smallest absolute Gasteiger partial charge is 0.222 e. The van der Waals surface area contributed by atoms with Gasteiger partial charge in [-0.05, 0) is 20.3 Å². The Morgan fingerprint density at radius 3 is 2.67 bits per heavy atom. The van der Waals surface area contributed by atoms with E-state index >= 15 is 0 Å². The first-order chi connectivity index (χ1) is 7.27. The molecule has 0 aromatic carbocycles. The molecule has 84 valence electrons. The number of aryl methyl sites for hydroxylation is 1. The molecule has 0 atom stereocenters. The van der Waals surface area contributed by atoms with Crippen LogP contribution in [-0.2, 0) is 11.3 Å². The lowest BCUT2D eigenvalue weighted by atomic mass is 10.2. The first-order valence-corrected chi connectivity index (χ1v) is 5.51. The number of carbonyl (C=O) groups is 1. The van der Waals surface area contributed by atoms with Crippen LogP contribution >= 0.6 is 0 Å². The van der Waals surface area contributed by atoms with Crippen LogP contribution in [-0.4, -0.2) is 33.4 Å². The van der Waals surface area contributed by atoms with Gasteiger partial charge >= 0.3 is 0 Å². The minimum Gasteiger partial charge on any atom is -0.343 e. The molecule has 0 aliphatic rings. The number of amides is 1. The minimum absolute atomic E-state index is 0.250. The number of aromatic nitrogens is 2. The van der Waals surface area contributed by atoms with Crippen LogP contribution in [0.1, 0.15) is 26.7 Å². The van der Waals surface area contributed by atoms with Gasteiger partial charge in [-0.2, -0.15) is 0 Å². The maximum absolute atomic E-state index is 11.6. The Kier molecular flexibility index (Phi) is 4.87. The fourth-order valence-electron chi connectivity index (χ4n) is 1.57. The van der Waals surface area contributed by atoms with Crippen molar-refractivity contribution in [3.63, 3.8) is 0 Å². The third-order valence-electron chi connectivity index (χ3n) is 2.48. The van der Waals surface area contributed by atoms with Crippen molar-refractivity contribution in [1.82, 2.24) is 14.5 Å². The number of hydrogen-bond acceptors (Lipinski definition) is 2. The predicted octanol–water partition coefficient (Wildman–Crippen LogP) is 1.53. The summed E-state index contributed by atoms with van der Waals surface area (Å²) in [5, 5.41) is 0. The van der Waals surface area contributed by atoms with Crippen LogP contribution in [0.2, 0.25) is 0 Å². The summed E-state index contributed by atoms with van der Waals surface area (Å²) in [6.07, 6.45) is 6.96. The fourth-order valence-corrected chi connectivity index (χ4v) is 1.57. The van der Waals surface area contributed by atoms with Crippen LogP contribution in [0.3, 0.4) is 0 Å². The van der Waals surface area contributed by atoms with Crippen LogP contribution in [0.25, 0.3) is 0 Å². The third-order valence-corrected chi connectivity index (χ3v) is 2.48. The highest BCUT2D eigenvalue weighted by atomic mass is 16.2. The van der Waals surface area contributed by atoms with E-state index in [-0.39, 0.29) is 5.91 Å². The van der Waals surface area contributed by atoms with Gasteiger partial charge in [-0.15, -0.1) is 0 Å². The zero-order valence-corrected chi connectivity index (χ0v) is 9.52. The van der Waals surface area contributed by atoms with Crippen molar-refractivity contribution < 1.29 is 4.79 Å². The molecule has 0 spiro atoms. The molecule has 0 N–H and O–H groups in total. The molecule has 0 bridgehead atoms. The molecular weight excluding hydrogens is 190 g/mol. The second-order valence-corrected chi connectivity index (χ2v) is 3.47. The van der Waals surface area contributed by atoms with Crippen molar-refractivity contribution in [3.8, 4) is 0 Å². The molecule has 1 amide bonds. The third kappa shape index (κ3) is 3.73. The fraction of sp³-hybridized carbons (Fsp3) is 0.636. The predicted molar refractivity (Wildman–Crippen MR) is 59.4 cm³/mol. The average molecular weight is 209 g/mol. The Bertz CT molecular complexity index is 278. The molecule has 4 heteroatoms. The van der Waals surface area contributed by atoms with E-state index in [0.717, 1.165) is 26.1 Å². The summed E-state index contributed by atoms with van der Waals surface area (Å²) in [7, 11) is 0. The van der Waals surface area contributed by atoms with E-state index in [9.17, 15) is 4.79 Å². The van der Waals surface area contributed by atoms with Crippen LogP contribution in [0.4, 0.5) is 0 Å². The first kappa shape index (κ1) is 11.8. The van der Waals surface area contributed by atoms with E-state index in [4.69, 9.17) is 0 Å². The van der Waals surface area contributed by atoms with Gasteiger partial charge in [0.25, 0.3) is 0 Å². The standard InChI is InChI=1S/C11H19N3O/c1-3-14(4-2)11(15)6-5-8-13-9-7-12-10-13/h7,9-10H,3-6,8H2,1-2H3. The van der Waals surface area contributed by atoms with Crippen molar-refractivity contribution in [2.24, 2.45) is 0 Å². The Morgan fingerprint density at radius 2 is 2.13 bits per heavy atom. The lowest BCUT2D eigenvalue weighted by molar-refractivity contribution is -0.130. The van der Waals surface area contributed by atoms with Crippen LogP contribution in [0.15, 0.2) is 18.7 Å². The molecule has 1 aromatic rings. The minimum atomic E-state index is 0.250. The van der Waals surface area contributed by atoms with E-state index in [1.165, 1.54) is 0 Å². The van der Waals surface area contributed by atoms with Gasteiger partial charge in [-0.3, -0.25) is 4.79 Å². The maximum Gasteiger partial charge on any atom is 0.222 e. The Balaban J connectivity index is 2.22. The van der Waals surface area contributed by atoms with E-state index < -0.39 is 0 Å². The highest BCUT2D eigenvalue weighted by Gasteiger charge is 2.08. The van der Waals surface area contributed by atoms with Gasteiger partial charge in [0.05, 0.1) is 6.33 Å². The second kappa shape index (κ2) is 6.22. The molecule has 1 heterocycles. The van der Waals surface area contributed by atoms with Gasteiger partial charge in [-0.25, -0.2) is 4.98 Å². The normalized spacial score (nSPS) is 10.3. The van der Waals surface area contributed by atoms with Gasteiger partial charge in [0.1, 0.15) is 0 Å². The van der Waals surface area contributed by atoms with Crippen molar-refractivity contribution in [1.29, 1.82) is 0 Å². The Morgan fingerprint density at radius 1 is 1.40 bits per heavy atom. The number of rotatable bonds is 6. The van der Waals surface area contributed by atoms with Gasteiger partial charge in [0.15, 0.2) is 0 Å². The summed E-state index contributed by atoms with van der Waals surface area (Å²) >= 11 is 0. The molecule has 0 radical (unpaired) electrons. The SMILES string of the molecule is CCN(CC)C(=O)CCCn1ccnc1. The van der Waals surface area contributed by atoms with Gasteiger partial charge in [-0.1, -0.05) is 0 Å². The lowest BCUT2D eigenvalue weighted by Crippen LogP contribution is -2.30. The van der Waals surface area contributed by atoms with Crippen molar-refractivity contribution in [2.75, 3.05) is 13.1 Å². The molecular formula is C11H19N3O. The van der Waals surface area contributed by atoms with Crippen molar-refractivity contribution >= 4 is 5.91 Å². The Labute approximate surface area is 90.9 Å². The molecule has 4 nitrogen and oxygen atoms in total. The summed E-state index contributed by atoms with van der Waals surface area (Å²) in [5.74, 6) is 0.250. The topological polar surface area (TPSA) is 38.1 Å². The van der Waals surface area contributed by atoms with E-state index in [1.54, 1.807) is 12.5 Å². The second-order valence-electron chi connectivity index (χ2n) is 3.47. The summed E-state index contributed by atoms with van der Waals surface area (Å²) in [5.41, 5.74) is 0. The van der Waals surface area contributed by atoms with Gasteiger partial charge in [0, 0.05) is 38.4 Å². The number of nitrogens with zero attached hydrogens (tertiary/aromatic N) is 3. The molecule has 0 saturated heterocycles. The zero-order chi connectivity index (χ0) is 11.1. The maximum atomic E-state index is 11.6. The van der Waals surface area contributed by atoms with Crippen molar-refractivity contribution in [2.45, 2.75) is 33.2 Å². The van der Waals surface area contributed by atoms with E-state index in [2.05, 4.69) is 4.98 Å². The molecule has 0 unspecified atom stereocenters. The summed E-state index contributed by atoms with van der Waals surface area (Å²) < 4.78 is 2.00. The number of carbonyl (C=O) groups excluding carboxylic acids is 1. The lowest BCUT2D eigenvalue weighted by Gasteiger charge is -2.18. The van der Waals surface area contributed by atoms with E-state index in [1.807, 2.05) is 29.5 Å². The Hall–Kier alpha value is -1.32. The van der Waals surface area contributed by atoms with Crippen LogP contribution < -0.4 is 0 Å². The monoisotopic (exact) mass is 209 g/mol. The molecule has 0 saturated carbocycles. The van der Waals surface area contributed by atoms with Gasteiger partial charge < -0.3 is 9.47 Å². The number of imidazole rings is 1. The largest absolute Gasteiger partial charge is 0.343 e. The molecule has 0 aliphatic heterocycles. The quantitative estimate of drug-likeness (QED) is 0.712. The average Bonchev–Trinajstić information content (AvgIpc) is 2.72. The molecule has 1 rings (SSSR count). The molecule has 0 aliphatic carbocycles. The summed E-state index contributed by atoms with van der Waals surface area (Å²) in [6, 6.07) is 0. The summed E-state index contributed by atoms with van der Waals surface area (Å²) in [6.45, 7) is 6.50. The first-order valence-electron chi connectivity index (χ1n) is 5.51. The van der Waals surface area contributed by atoms with Crippen molar-refractivity contribution in [3.05, 3.63) is 18.7 Å². The molecule has 15 heavy (non-hydrogen) atoms. The molecule has 0 fully saturated rings. The molecule has 1 aromatic heterocycles. The zero-order valence-electron chi connectivity index (χ0n) is 9.52.